The van der Waals surface area contributed by atoms with Crippen molar-refractivity contribution in [2.45, 2.75) is 32.7 Å². The molecule has 0 aliphatic carbocycles. The average Bonchev–Trinajstić information content (AvgIpc) is 4.05. The molecule has 1 aromatic heterocycles. The number of benzene rings is 4. The number of aryl methyl sites for hydroxylation is 1. The quantitative estimate of drug-likeness (QED) is 0.0731. The average molecular weight is 717 g/mol. The number of nitrogens with two attached hydrogens (primary N) is 2. The summed E-state index contributed by atoms with van der Waals surface area (Å²) in [5.74, 6) is 0. The molecule has 55 heavy (non-hydrogen) atoms. The van der Waals surface area contributed by atoms with Crippen LogP contribution < -0.4 is 15.9 Å². The molecule has 0 amide bonds. The van der Waals surface area contributed by atoms with Crippen molar-refractivity contribution in [1.82, 2.24) is 9.84 Å². The Kier molecular flexibility index (Phi) is 8.51. The Morgan fingerprint density at radius 2 is 1.38 bits per heavy atom. The van der Waals surface area contributed by atoms with Crippen molar-refractivity contribution in [2.24, 2.45) is 4.99 Å². The number of allylic oxidation sites excluding steroid dienone is 6. The molecule has 5 heterocycles. The van der Waals surface area contributed by atoms with Gasteiger partial charge < -0.3 is 21.4 Å². The summed E-state index contributed by atoms with van der Waals surface area (Å²) >= 11 is 0. The van der Waals surface area contributed by atoms with Crippen LogP contribution >= 0.6 is 0 Å². The van der Waals surface area contributed by atoms with E-state index in [1.165, 1.54) is 5.56 Å². The minimum absolute atomic E-state index is 0.0390. The molecule has 0 spiro atoms. The van der Waals surface area contributed by atoms with Crippen LogP contribution in [0.25, 0.3) is 27.6 Å². The number of H-pyrrole nitrogens is 1. The van der Waals surface area contributed by atoms with Gasteiger partial charge in [0, 0.05) is 72.3 Å². The summed E-state index contributed by atoms with van der Waals surface area (Å²) < 4.78 is 0. The minimum Gasteiger partial charge on any atom is -0.664 e. The van der Waals surface area contributed by atoms with Crippen LogP contribution in [0.5, 0.6) is 0 Å². The first kappa shape index (κ1) is 33.9. The third kappa shape index (κ3) is 6.32. The van der Waals surface area contributed by atoms with E-state index in [1.54, 1.807) is 6.92 Å². The molecule has 1 fully saturated rings. The van der Waals surface area contributed by atoms with Gasteiger partial charge in [-0.05, 0) is 96.7 Å². The second-order valence-electron chi connectivity index (χ2n) is 14.5. The van der Waals surface area contributed by atoms with E-state index < -0.39 is 0 Å². The molecule has 0 radical (unpaired) electrons. The van der Waals surface area contributed by atoms with Gasteiger partial charge in [0.1, 0.15) is 17.3 Å². The number of nitrogens with one attached hydrogen (secondary N) is 1. The molecular weight excluding hydrogens is 677 g/mol. The second kappa shape index (κ2) is 13.8. The van der Waals surface area contributed by atoms with Gasteiger partial charge >= 0.3 is 5.71 Å². The number of nitrogens with zero attached hydrogens (tertiary/aromatic N) is 3. The third-order valence-electron chi connectivity index (χ3n) is 10.8. The molecule has 266 valence electrons. The molecule has 1 atom stereocenters. The number of aromatic nitrogens is 1. The van der Waals surface area contributed by atoms with Gasteiger partial charge in [0.25, 0.3) is 0 Å². The van der Waals surface area contributed by atoms with Crippen LogP contribution in [-0.2, 0) is 0 Å². The van der Waals surface area contributed by atoms with Crippen molar-refractivity contribution in [1.29, 1.82) is 0 Å². The van der Waals surface area contributed by atoms with Crippen LogP contribution in [0.15, 0.2) is 161 Å². The number of rotatable bonds is 5. The van der Waals surface area contributed by atoms with E-state index in [-0.39, 0.29) is 6.04 Å². The van der Waals surface area contributed by atoms with E-state index in [0.717, 1.165) is 108 Å². The number of hydrogen-bond donors (Lipinski definition) is 3. The van der Waals surface area contributed by atoms with E-state index in [4.69, 9.17) is 16.0 Å². The third-order valence-corrected chi connectivity index (χ3v) is 10.8. The fourth-order valence-electron chi connectivity index (χ4n) is 7.99. The van der Waals surface area contributed by atoms with Crippen LogP contribution in [-0.4, -0.2) is 22.4 Å². The summed E-state index contributed by atoms with van der Waals surface area (Å²) in [6.45, 7) is 8.00. The topological polar surface area (TPSA) is 116 Å². The molecule has 1 unspecified atom stereocenters. The molecule has 5 aromatic rings. The largest absolute Gasteiger partial charge is 0.664 e. The van der Waals surface area contributed by atoms with Crippen molar-refractivity contribution < 1.29 is 5.32 Å². The lowest BCUT2D eigenvalue weighted by Gasteiger charge is -2.27. The highest BCUT2D eigenvalue weighted by Gasteiger charge is 2.30. The standard InChI is InChI=1S/C48H38N6O/c1-28-4-8-32(9-5-28)45-37-20-21-38(50-37)46(33-10-6-29(2)7-11-33)40-23-26-43(52-40)48(35-16-18-36(49)19-17-35)44-27-25-42(53-44)47(41-24-22-39(45)51-41)34-14-12-31(13-15-34)30(3)54-55/h4-24,26,41H,2,25,27H2,1,3H3,(H3-,49,50,51,52,53,54,55)/p+2. The Morgan fingerprint density at radius 3 is 2.11 bits per heavy atom. The van der Waals surface area contributed by atoms with Gasteiger partial charge in [0.05, 0.1) is 28.2 Å². The van der Waals surface area contributed by atoms with E-state index >= 15 is 0 Å². The van der Waals surface area contributed by atoms with E-state index in [1.807, 2.05) is 36.4 Å². The zero-order valence-corrected chi connectivity index (χ0v) is 30.8. The predicted octanol–water partition coefficient (Wildman–Crippen LogP) is 8.77. The smallest absolute Gasteiger partial charge is 0.376 e. The molecule has 5 N–H and O–H groups in total. The molecule has 4 aromatic carbocycles. The number of nitroso groups, excluding NO2 is 1. The normalized spacial score (nSPS) is 21.5. The van der Waals surface area contributed by atoms with Crippen LogP contribution in [0.4, 0.5) is 5.69 Å². The second-order valence-corrected chi connectivity index (χ2v) is 14.5. The summed E-state index contributed by atoms with van der Waals surface area (Å²) in [5.41, 5.74) is 25.7. The Hall–Kier alpha value is -6.92. The van der Waals surface area contributed by atoms with Crippen LogP contribution in [0.3, 0.4) is 0 Å². The number of hydrogen-bond acceptors (Lipinski definition) is 3. The number of aliphatic imine (C=N–C) groups is 1. The van der Waals surface area contributed by atoms with E-state index in [9.17, 15) is 4.91 Å². The summed E-state index contributed by atoms with van der Waals surface area (Å²) in [5, 5.41) is 7.85. The number of anilines is 1. The molecule has 7 nitrogen and oxygen atoms in total. The molecule has 9 rings (SSSR count). The first-order valence-corrected chi connectivity index (χ1v) is 18.6. The van der Waals surface area contributed by atoms with Crippen molar-refractivity contribution in [3.8, 4) is 0 Å². The summed E-state index contributed by atoms with van der Waals surface area (Å²) in [6.07, 6.45) is 10.3. The van der Waals surface area contributed by atoms with Gasteiger partial charge in [-0.3, -0.25) is 0 Å². The highest BCUT2D eigenvalue weighted by atomic mass is 16.2. The van der Waals surface area contributed by atoms with E-state index in [0.29, 0.717) is 11.4 Å². The molecule has 1 saturated heterocycles. The van der Waals surface area contributed by atoms with Gasteiger partial charge in [-0.1, -0.05) is 54.1 Å². The lowest BCUT2D eigenvalue weighted by Crippen LogP contribution is -2.85. The molecular formula is C48H40N6O+2. The molecule has 4 aliphatic heterocycles. The lowest BCUT2D eigenvalue weighted by atomic mass is 9.94. The highest BCUT2D eigenvalue weighted by molar-refractivity contribution is 6.32. The lowest BCUT2D eigenvalue weighted by molar-refractivity contribution is -0.607. The molecule has 8 bridgehead atoms. The zero-order chi connectivity index (χ0) is 37.6. The first-order valence-electron chi connectivity index (χ1n) is 18.6. The van der Waals surface area contributed by atoms with Crippen LogP contribution in [0.2, 0.25) is 0 Å². The van der Waals surface area contributed by atoms with Crippen molar-refractivity contribution in [3.63, 3.8) is 0 Å². The molecule has 0 saturated carbocycles. The maximum Gasteiger partial charge on any atom is 0.376 e. The number of nitrogen functional groups attached to an aromatic ring is 1. The number of aromatic amines is 1. The van der Waals surface area contributed by atoms with Crippen LogP contribution in [0, 0.1) is 18.8 Å². The van der Waals surface area contributed by atoms with E-state index in [2.05, 4.69) is 126 Å². The fraction of sp³-hybridized carbons (Fsp3) is 0.104. The van der Waals surface area contributed by atoms with Gasteiger partial charge in [0.15, 0.2) is 4.91 Å². The Bertz CT molecular complexity index is 2640. The zero-order valence-electron chi connectivity index (χ0n) is 30.8. The van der Waals surface area contributed by atoms with Gasteiger partial charge in [0.2, 0.25) is 4.85 Å². The van der Waals surface area contributed by atoms with Crippen LogP contribution in [0.1, 0.15) is 70.1 Å². The summed E-state index contributed by atoms with van der Waals surface area (Å²) in [4.78, 5) is 23.8. The SMILES string of the molecule is [CH2+]c1ccc(/C2=C3\C=CC(=N3)/C(c3ccc(N)cc3)=C3/CCC(=C(c4ccc(C(C)=[N+]=O)cc4)C4C=C/C(=C(\c5ccc(C)cc5)c5ccc2[nH]5)[NH2+]4)[N-]3)cc1. The Balaban J connectivity index is 1.31. The van der Waals surface area contributed by atoms with Crippen molar-refractivity contribution in [3.05, 3.63) is 224 Å². The van der Waals surface area contributed by atoms with Crippen molar-refractivity contribution in [2.75, 3.05) is 5.73 Å². The van der Waals surface area contributed by atoms with Gasteiger partial charge in [-0.2, -0.15) is 0 Å². The molecule has 4 aliphatic rings. The first-order chi connectivity index (χ1) is 26.8. The fourth-order valence-corrected chi connectivity index (χ4v) is 7.99. The van der Waals surface area contributed by atoms with Gasteiger partial charge in [-0.25, -0.2) is 4.99 Å². The maximum absolute atomic E-state index is 11.4. The number of fused-ring (bicyclic) bond motifs is 7. The monoisotopic (exact) mass is 716 g/mol. The summed E-state index contributed by atoms with van der Waals surface area (Å²) in [6, 6.07) is 37.5. The summed E-state index contributed by atoms with van der Waals surface area (Å²) in [7, 11) is 0. The maximum atomic E-state index is 11.4. The van der Waals surface area contributed by atoms with Crippen molar-refractivity contribution >= 4 is 39.4 Å². The Labute approximate surface area is 320 Å². The highest BCUT2D eigenvalue weighted by Crippen LogP contribution is 2.44. The Morgan fingerprint density at radius 1 is 0.764 bits per heavy atom. The van der Waals surface area contributed by atoms with Gasteiger partial charge in [-0.15, -0.1) is 11.4 Å². The molecule has 7 heteroatoms. The predicted molar refractivity (Wildman–Crippen MR) is 225 cm³/mol. The number of quaternary nitrogens is 1. The minimum atomic E-state index is -0.0390.